The van der Waals surface area contributed by atoms with Gasteiger partial charge in [0.15, 0.2) is 5.88 Å². The second-order valence-electron chi connectivity index (χ2n) is 8.20. The largest absolute Gasteiger partial charge is 0.494 e. The van der Waals surface area contributed by atoms with Gasteiger partial charge in [-0.3, -0.25) is 0 Å². The third kappa shape index (κ3) is 5.17. The van der Waals surface area contributed by atoms with E-state index in [2.05, 4.69) is 9.88 Å². The van der Waals surface area contributed by atoms with Crippen LogP contribution in [0.25, 0.3) is 10.9 Å². The number of benzene rings is 3. The second-order valence-corrected chi connectivity index (χ2v) is 8.20. The molecule has 174 valence electrons. The topological polar surface area (TPSA) is 98.2 Å². The number of hydrogen-bond acceptors (Lipinski definition) is 6. The number of aromatic amines is 1. The maximum atomic E-state index is 12.2. The Hall–Kier alpha value is -3.94. The first kappa shape index (κ1) is 23.2. The minimum atomic E-state index is -0.540. The number of H-pyrrole nitrogens is 1. The molecule has 0 radical (unpaired) electrons. The summed E-state index contributed by atoms with van der Waals surface area (Å²) < 4.78 is 5.00. The molecule has 0 unspecified atom stereocenters. The fourth-order valence-electron chi connectivity index (χ4n) is 3.80. The maximum absolute atomic E-state index is 12.2. The Morgan fingerprint density at radius 2 is 1.74 bits per heavy atom. The highest BCUT2D eigenvalue weighted by Gasteiger charge is 2.20. The number of aliphatic imine (C=N–C) groups is 1. The molecule has 0 aliphatic carbocycles. The van der Waals surface area contributed by atoms with E-state index in [1.165, 1.54) is 5.56 Å². The van der Waals surface area contributed by atoms with Crippen molar-refractivity contribution in [1.29, 1.82) is 0 Å². The smallest absolute Gasteiger partial charge is 0.338 e. The molecule has 0 aliphatic heterocycles. The normalized spacial score (nSPS) is 11.8. The van der Waals surface area contributed by atoms with Crippen LogP contribution in [-0.2, 0) is 11.3 Å². The van der Waals surface area contributed by atoms with Crippen molar-refractivity contribution in [2.75, 3.05) is 27.3 Å². The van der Waals surface area contributed by atoms with Crippen LogP contribution < -0.4 is 0 Å². The van der Waals surface area contributed by atoms with Crippen molar-refractivity contribution in [3.8, 4) is 5.88 Å². The van der Waals surface area contributed by atoms with Crippen molar-refractivity contribution in [2.24, 2.45) is 4.99 Å². The van der Waals surface area contributed by atoms with Crippen LogP contribution in [0.5, 0.6) is 5.88 Å². The van der Waals surface area contributed by atoms with E-state index in [9.17, 15) is 9.90 Å². The molecule has 7 heteroatoms. The molecular formula is C27H27N3O4. The number of fused-ring (bicyclic) bond motifs is 1. The van der Waals surface area contributed by atoms with E-state index in [-0.39, 0.29) is 19.1 Å². The molecule has 0 amide bonds. The standard InChI is InChI=1S/C27H27N3O4/c1-30(2)17-18-8-11-21(12-9-18)28-25(19-6-4-3-5-7-19)24-22-13-10-20(27(33)34-15-14-31)16-23(22)29-26(24)32/h3-13,16,29,31-32H,14-15,17H2,1-2H3. The molecule has 0 saturated carbocycles. The molecule has 4 rings (SSSR count). The molecular weight excluding hydrogens is 430 g/mol. The van der Waals surface area contributed by atoms with E-state index in [1.807, 2.05) is 68.7 Å². The summed E-state index contributed by atoms with van der Waals surface area (Å²) >= 11 is 0. The first-order valence-corrected chi connectivity index (χ1v) is 11.0. The zero-order valence-electron chi connectivity index (χ0n) is 19.2. The minimum Gasteiger partial charge on any atom is -0.494 e. The molecule has 0 fully saturated rings. The predicted molar refractivity (Wildman–Crippen MR) is 133 cm³/mol. The fraction of sp³-hybridized carbons (Fsp3) is 0.185. The lowest BCUT2D eigenvalue weighted by atomic mass is 10.00. The maximum Gasteiger partial charge on any atom is 0.338 e. The van der Waals surface area contributed by atoms with Gasteiger partial charge >= 0.3 is 5.97 Å². The van der Waals surface area contributed by atoms with Crippen LogP contribution in [0.1, 0.15) is 27.0 Å². The molecule has 3 aromatic carbocycles. The lowest BCUT2D eigenvalue weighted by Crippen LogP contribution is -2.10. The van der Waals surface area contributed by atoms with Crippen molar-refractivity contribution >= 4 is 28.3 Å². The Morgan fingerprint density at radius 3 is 2.41 bits per heavy atom. The highest BCUT2D eigenvalue weighted by atomic mass is 16.5. The molecule has 4 aromatic rings. The first-order chi connectivity index (χ1) is 16.5. The predicted octanol–water partition coefficient (Wildman–Crippen LogP) is 4.25. The number of nitrogens with zero attached hydrogens (tertiary/aromatic N) is 2. The van der Waals surface area contributed by atoms with Gasteiger partial charge in [0.25, 0.3) is 0 Å². The molecule has 1 aromatic heterocycles. The highest BCUT2D eigenvalue weighted by Crippen LogP contribution is 2.32. The van der Waals surface area contributed by atoms with Crippen molar-refractivity contribution in [3.63, 3.8) is 0 Å². The van der Waals surface area contributed by atoms with E-state index < -0.39 is 5.97 Å². The van der Waals surface area contributed by atoms with E-state index in [4.69, 9.17) is 14.8 Å². The number of nitrogens with one attached hydrogen (secondary N) is 1. The molecule has 0 aliphatic rings. The number of carbonyl (C=O) groups is 1. The summed E-state index contributed by atoms with van der Waals surface area (Å²) in [5, 5.41) is 20.5. The van der Waals surface area contributed by atoms with Crippen molar-refractivity contribution in [2.45, 2.75) is 6.54 Å². The van der Waals surface area contributed by atoms with Gasteiger partial charge in [-0.2, -0.15) is 0 Å². The number of aromatic hydroxyl groups is 1. The number of ether oxygens (including phenoxy) is 1. The number of aliphatic hydroxyl groups is 1. The van der Waals surface area contributed by atoms with Gasteiger partial charge in [0.05, 0.1) is 29.1 Å². The summed E-state index contributed by atoms with van der Waals surface area (Å²) in [6.45, 7) is 0.520. The van der Waals surface area contributed by atoms with E-state index in [0.29, 0.717) is 22.4 Å². The second kappa shape index (κ2) is 10.3. The van der Waals surface area contributed by atoms with Gasteiger partial charge in [-0.15, -0.1) is 0 Å². The van der Waals surface area contributed by atoms with Gasteiger partial charge in [-0.25, -0.2) is 9.79 Å². The molecule has 34 heavy (non-hydrogen) atoms. The number of hydrogen-bond donors (Lipinski definition) is 3. The van der Waals surface area contributed by atoms with Crippen LogP contribution in [0.2, 0.25) is 0 Å². The van der Waals surface area contributed by atoms with Crippen LogP contribution in [-0.4, -0.2) is 59.1 Å². The lowest BCUT2D eigenvalue weighted by molar-refractivity contribution is 0.0434. The molecule has 0 saturated heterocycles. The zero-order valence-corrected chi connectivity index (χ0v) is 19.2. The van der Waals surface area contributed by atoms with Crippen molar-refractivity contribution < 1.29 is 19.7 Å². The van der Waals surface area contributed by atoms with Crippen LogP contribution >= 0.6 is 0 Å². The third-order valence-corrected chi connectivity index (χ3v) is 5.30. The molecule has 7 nitrogen and oxygen atoms in total. The molecule has 0 atom stereocenters. The van der Waals surface area contributed by atoms with Crippen LogP contribution in [0.4, 0.5) is 5.69 Å². The fourth-order valence-corrected chi connectivity index (χ4v) is 3.80. The zero-order chi connectivity index (χ0) is 24.1. The molecule has 3 N–H and O–H groups in total. The summed E-state index contributed by atoms with van der Waals surface area (Å²) in [4.78, 5) is 22.2. The number of esters is 1. The summed E-state index contributed by atoms with van der Waals surface area (Å²) in [5.41, 5.74) is 4.86. The summed E-state index contributed by atoms with van der Waals surface area (Å²) in [7, 11) is 4.05. The SMILES string of the molecule is CN(C)Cc1ccc(N=C(c2ccccc2)c2c(O)[nH]c3cc(C(=O)OCCO)ccc23)cc1. The average Bonchev–Trinajstić information content (AvgIpc) is 3.17. The minimum absolute atomic E-state index is 0.0392. The van der Waals surface area contributed by atoms with Gasteiger partial charge < -0.3 is 24.8 Å². The van der Waals surface area contributed by atoms with Gasteiger partial charge in [0.2, 0.25) is 0 Å². The number of aliphatic hydroxyl groups excluding tert-OH is 1. The van der Waals surface area contributed by atoms with E-state index >= 15 is 0 Å². The van der Waals surface area contributed by atoms with Gasteiger partial charge in [-0.1, -0.05) is 48.5 Å². The Balaban J connectivity index is 1.79. The van der Waals surface area contributed by atoms with Crippen molar-refractivity contribution in [3.05, 3.63) is 95.1 Å². The van der Waals surface area contributed by atoms with E-state index in [1.54, 1.807) is 18.2 Å². The lowest BCUT2D eigenvalue weighted by Gasteiger charge is -2.10. The van der Waals surface area contributed by atoms with Gasteiger partial charge in [0.1, 0.15) is 6.61 Å². The van der Waals surface area contributed by atoms with Crippen LogP contribution in [0, 0.1) is 0 Å². The highest BCUT2D eigenvalue weighted by molar-refractivity contribution is 6.22. The quantitative estimate of drug-likeness (QED) is 0.271. The molecule has 1 heterocycles. The molecule has 0 spiro atoms. The Morgan fingerprint density at radius 1 is 1.00 bits per heavy atom. The third-order valence-electron chi connectivity index (χ3n) is 5.30. The average molecular weight is 458 g/mol. The number of rotatable bonds is 8. The van der Waals surface area contributed by atoms with Crippen LogP contribution in [0.15, 0.2) is 77.8 Å². The van der Waals surface area contributed by atoms with Crippen LogP contribution in [0.3, 0.4) is 0 Å². The van der Waals surface area contributed by atoms with E-state index in [0.717, 1.165) is 23.2 Å². The summed E-state index contributed by atoms with van der Waals surface area (Å²) in [5.74, 6) is -0.580. The summed E-state index contributed by atoms with van der Waals surface area (Å²) in [6.07, 6.45) is 0. The Kier molecular flexibility index (Phi) is 7.06. The monoisotopic (exact) mass is 457 g/mol. The van der Waals surface area contributed by atoms with Crippen molar-refractivity contribution in [1.82, 2.24) is 9.88 Å². The number of aromatic nitrogens is 1. The van der Waals surface area contributed by atoms with Gasteiger partial charge in [-0.05, 0) is 43.9 Å². The number of carbonyl (C=O) groups excluding carboxylic acids is 1. The van der Waals surface area contributed by atoms with Gasteiger partial charge in [0, 0.05) is 23.0 Å². The Bertz CT molecular complexity index is 1310. The molecule has 0 bridgehead atoms. The first-order valence-electron chi connectivity index (χ1n) is 11.0. The Labute approximate surface area is 198 Å². The summed E-state index contributed by atoms with van der Waals surface area (Å²) in [6, 6.07) is 22.7.